The molecule has 2 amide bonds. The molecule has 0 spiro atoms. The Morgan fingerprint density at radius 2 is 2.08 bits per heavy atom. The minimum Gasteiger partial charge on any atom is -0.334 e. The molecule has 6 nitrogen and oxygen atoms in total. The van der Waals surface area contributed by atoms with Crippen LogP contribution in [0.25, 0.3) is 0 Å². The van der Waals surface area contributed by atoms with Gasteiger partial charge in [0.2, 0.25) is 10.0 Å². The van der Waals surface area contributed by atoms with Gasteiger partial charge in [0.15, 0.2) is 0 Å². The van der Waals surface area contributed by atoms with Crippen molar-refractivity contribution in [3.63, 3.8) is 0 Å². The Balaban J connectivity index is 1.37. The minimum absolute atomic E-state index is 0.119. The third-order valence-corrected chi connectivity index (χ3v) is 7.79. The van der Waals surface area contributed by atoms with Gasteiger partial charge in [0, 0.05) is 31.6 Å². The highest BCUT2D eigenvalue weighted by molar-refractivity contribution is 7.90. The van der Waals surface area contributed by atoms with Crippen LogP contribution >= 0.6 is 0 Å². The molecule has 0 bridgehead atoms. The smallest absolute Gasteiger partial charge is 0.317 e. The Labute approximate surface area is 149 Å². The largest absolute Gasteiger partial charge is 0.334 e. The van der Waals surface area contributed by atoms with Gasteiger partial charge in [-0.1, -0.05) is 31.2 Å². The molecule has 4 rings (SSSR count). The van der Waals surface area contributed by atoms with E-state index in [2.05, 4.69) is 34.3 Å². The lowest BCUT2D eigenvalue weighted by Gasteiger charge is -2.18. The average Bonchev–Trinajstić information content (AvgIpc) is 3.05. The monoisotopic (exact) mass is 363 g/mol. The van der Waals surface area contributed by atoms with Crippen molar-refractivity contribution in [3.8, 4) is 0 Å². The maximum absolute atomic E-state index is 12.6. The molecule has 4 unspecified atom stereocenters. The van der Waals surface area contributed by atoms with Crippen LogP contribution in [-0.2, 0) is 16.4 Å². The summed E-state index contributed by atoms with van der Waals surface area (Å²) in [5.74, 6) is 0.959. The molecule has 4 atom stereocenters. The number of carbonyl (C=O) groups is 1. The van der Waals surface area contributed by atoms with Crippen molar-refractivity contribution in [1.29, 1.82) is 0 Å². The van der Waals surface area contributed by atoms with Gasteiger partial charge < -0.3 is 10.2 Å². The molecular weight excluding hydrogens is 338 g/mol. The van der Waals surface area contributed by atoms with Gasteiger partial charge in [0.25, 0.3) is 0 Å². The molecule has 1 aromatic carbocycles. The normalized spacial score (nSPS) is 30.5. The van der Waals surface area contributed by atoms with Crippen molar-refractivity contribution in [2.24, 2.45) is 5.92 Å². The SMILES string of the molecule is CCNS(=O)(=O)C1CCN(C(=O)NC2C3CCc4ccccc4C32)C1. The van der Waals surface area contributed by atoms with E-state index in [0.717, 1.165) is 12.8 Å². The van der Waals surface area contributed by atoms with Gasteiger partial charge in [-0.3, -0.25) is 0 Å². The number of hydrogen-bond acceptors (Lipinski definition) is 3. The van der Waals surface area contributed by atoms with Gasteiger partial charge in [-0.25, -0.2) is 17.9 Å². The number of sulfonamides is 1. The van der Waals surface area contributed by atoms with Crippen molar-refractivity contribution in [2.45, 2.75) is 43.4 Å². The second-order valence-corrected chi connectivity index (χ2v) is 9.35. The Kier molecular flexibility index (Phi) is 4.24. The van der Waals surface area contributed by atoms with Crippen molar-refractivity contribution in [2.75, 3.05) is 19.6 Å². The molecular formula is C18H25N3O3S. The van der Waals surface area contributed by atoms with Gasteiger partial charge in [-0.05, 0) is 36.3 Å². The number of likely N-dealkylation sites (tertiary alicyclic amines) is 1. The van der Waals surface area contributed by atoms with Crippen molar-refractivity contribution in [1.82, 2.24) is 14.9 Å². The molecule has 0 aromatic heterocycles. The summed E-state index contributed by atoms with van der Waals surface area (Å²) in [7, 11) is -3.32. The fourth-order valence-corrected chi connectivity index (χ4v) is 5.91. The molecule has 7 heteroatoms. The lowest BCUT2D eigenvalue weighted by molar-refractivity contribution is 0.207. The number of fused-ring (bicyclic) bond motifs is 3. The third-order valence-electron chi connectivity index (χ3n) is 5.84. The zero-order chi connectivity index (χ0) is 17.6. The second kappa shape index (κ2) is 6.29. The number of hydrogen-bond donors (Lipinski definition) is 2. The Morgan fingerprint density at radius 1 is 1.28 bits per heavy atom. The number of nitrogens with one attached hydrogen (secondary N) is 2. The molecule has 2 N–H and O–H groups in total. The zero-order valence-electron chi connectivity index (χ0n) is 14.4. The molecule has 2 aliphatic carbocycles. The predicted octanol–water partition coefficient (Wildman–Crippen LogP) is 1.44. The van der Waals surface area contributed by atoms with Crippen LogP contribution in [0.5, 0.6) is 0 Å². The summed E-state index contributed by atoms with van der Waals surface area (Å²) in [5, 5.41) is 2.65. The summed E-state index contributed by atoms with van der Waals surface area (Å²) in [5.41, 5.74) is 2.77. The number of aryl methyl sites for hydroxylation is 1. The molecule has 0 radical (unpaired) electrons. The molecule has 136 valence electrons. The molecule has 2 fully saturated rings. The van der Waals surface area contributed by atoms with E-state index in [1.807, 2.05) is 0 Å². The fraction of sp³-hybridized carbons (Fsp3) is 0.611. The van der Waals surface area contributed by atoms with E-state index in [1.165, 1.54) is 11.1 Å². The first-order valence-electron chi connectivity index (χ1n) is 9.13. The minimum atomic E-state index is -3.32. The number of urea groups is 1. The average molecular weight is 363 g/mol. The fourth-order valence-electron chi connectivity index (χ4n) is 4.48. The maximum atomic E-state index is 12.6. The van der Waals surface area contributed by atoms with Gasteiger partial charge in [-0.15, -0.1) is 0 Å². The van der Waals surface area contributed by atoms with Crippen LogP contribution in [0.3, 0.4) is 0 Å². The van der Waals surface area contributed by atoms with E-state index < -0.39 is 15.3 Å². The van der Waals surface area contributed by atoms with E-state index in [1.54, 1.807) is 11.8 Å². The van der Waals surface area contributed by atoms with Crippen LogP contribution in [0.4, 0.5) is 4.79 Å². The summed E-state index contributed by atoms with van der Waals surface area (Å²) < 4.78 is 26.8. The van der Waals surface area contributed by atoms with E-state index in [-0.39, 0.29) is 18.6 Å². The first-order valence-corrected chi connectivity index (χ1v) is 10.7. The van der Waals surface area contributed by atoms with E-state index in [4.69, 9.17) is 0 Å². The molecule has 1 aromatic rings. The number of rotatable bonds is 4. The van der Waals surface area contributed by atoms with Crippen molar-refractivity contribution >= 4 is 16.1 Å². The van der Waals surface area contributed by atoms with Crippen LogP contribution in [0.1, 0.15) is 36.8 Å². The molecule has 3 aliphatic rings. The van der Waals surface area contributed by atoms with Crippen LogP contribution in [0.15, 0.2) is 24.3 Å². The number of amides is 2. The first-order chi connectivity index (χ1) is 12.0. The maximum Gasteiger partial charge on any atom is 0.317 e. The number of carbonyl (C=O) groups excluding carboxylic acids is 1. The quantitative estimate of drug-likeness (QED) is 0.850. The van der Waals surface area contributed by atoms with Gasteiger partial charge in [-0.2, -0.15) is 0 Å². The van der Waals surface area contributed by atoms with Crippen LogP contribution in [-0.4, -0.2) is 50.3 Å². The van der Waals surface area contributed by atoms with Crippen LogP contribution in [0, 0.1) is 5.92 Å². The van der Waals surface area contributed by atoms with E-state index in [9.17, 15) is 13.2 Å². The zero-order valence-corrected chi connectivity index (χ0v) is 15.3. The Hall–Kier alpha value is -1.60. The van der Waals surface area contributed by atoms with Crippen LogP contribution < -0.4 is 10.0 Å². The standard InChI is InChI=1S/C18H25N3O3S/c1-2-19-25(23,24)13-9-10-21(11-13)18(22)20-17-15-8-7-12-5-3-4-6-14(12)16(15)17/h3-6,13,15-17,19H,2,7-11H2,1H3,(H,20,22). The topological polar surface area (TPSA) is 78.5 Å². The lowest BCUT2D eigenvalue weighted by Crippen LogP contribution is -2.42. The van der Waals surface area contributed by atoms with Crippen LogP contribution in [0.2, 0.25) is 0 Å². The van der Waals surface area contributed by atoms with E-state index >= 15 is 0 Å². The highest BCUT2D eigenvalue weighted by Gasteiger charge is 2.54. The van der Waals surface area contributed by atoms with Gasteiger partial charge in [0.1, 0.15) is 0 Å². The molecule has 1 heterocycles. The summed E-state index contributed by atoms with van der Waals surface area (Å²) in [6.07, 6.45) is 2.70. The predicted molar refractivity (Wildman–Crippen MR) is 95.9 cm³/mol. The van der Waals surface area contributed by atoms with Crippen molar-refractivity contribution < 1.29 is 13.2 Å². The summed E-state index contributed by atoms with van der Waals surface area (Å²) >= 11 is 0. The lowest BCUT2D eigenvalue weighted by atomic mass is 9.92. The van der Waals surface area contributed by atoms with E-state index in [0.29, 0.717) is 31.3 Å². The second-order valence-electron chi connectivity index (χ2n) is 7.30. The summed E-state index contributed by atoms with van der Waals surface area (Å²) in [4.78, 5) is 14.2. The highest BCUT2D eigenvalue weighted by Crippen LogP contribution is 2.54. The molecule has 1 saturated carbocycles. The Morgan fingerprint density at radius 3 is 2.88 bits per heavy atom. The third kappa shape index (κ3) is 3.04. The van der Waals surface area contributed by atoms with Crippen molar-refractivity contribution in [3.05, 3.63) is 35.4 Å². The molecule has 1 aliphatic heterocycles. The molecule has 1 saturated heterocycles. The first kappa shape index (κ1) is 16.8. The number of nitrogens with zero attached hydrogens (tertiary/aromatic N) is 1. The Bertz CT molecular complexity index is 780. The molecule has 25 heavy (non-hydrogen) atoms. The summed E-state index contributed by atoms with van der Waals surface area (Å²) in [6.45, 7) is 2.93. The van der Waals surface area contributed by atoms with Gasteiger partial charge in [0.05, 0.1) is 5.25 Å². The summed E-state index contributed by atoms with van der Waals surface area (Å²) in [6, 6.07) is 8.57. The number of benzene rings is 1. The highest BCUT2D eigenvalue weighted by atomic mass is 32.2. The van der Waals surface area contributed by atoms with Gasteiger partial charge >= 0.3 is 6.03 Å².